The largest absolute Gasteiger partial charge is 0.325 e. The highest BCUT2D eigenvalue weighted by Crippen LogP contribution is 2.34. The SMILES string of the molecule is CC(C)(N)C1CCS1. The molecule has 2 N–H and O–H groups in total. The summed E-state index contributed by atoms with van der Waals surface area (Å²) in [4.78, 5) is 0. The van der Waals surface area contributed by atoms with Crippen molar-refractivity contribution in [2.75, 3.05) is 5.75 Å². The first kappa shape index (κ1) is 6.43. The maximum absolute atomic E-state index is 5.82. The zero-order valence-electron chi connectivity index (χ0n) is 5.48. The summed E-state index contributed by atoms with van der Waals surface area (Å²) < 4.78 is 0. The average molecular weight is 131 g/mol. The van der Waals surface area contributed by atoms with E-state index in [2.05, 4.69) is 13.8 Å². The Kier molecular flexibility index (Phi) is 1.54. The summed E-state index contributed by atoms with van der Waals surface area (Å²) in [6.07, 6.45) is 1.31. The normalized spacial score (nSPS) is 29.6. The molecule has 0 aromatic heterocycles. The average Bonchev–Trinajstić information content (AvgIpc) is 1.16. The third-order valence-electron chi connectivity index (χ3n) is 1.53. The quantitative estimate of drug-likeness (QED) is 0.579. The lowest BCUT2D eigenvalue weighted by molar-refractivity contribution is 0.471. The Morgan fingerprint density at radius 1 is 1.62 bits per heavy atom. The fourth-order valence-corrected chi connectivity index (χ4v) is 1.72. The van der Waals surface area contributed by atoms with Gasteiger partial charge >= 0.3 is 0 Å². The van der Waals surface area contributed by atoms with Crippen LogP contribution in [-0.4, -0.2) is 16.5 Å². The minimum atomic E-state index is 0.0584. The van der Waals surface area contributed by atoms with E-state index in [1.807, 2.05) is 11.8 Å². The van der Waals surface area contributed by atoms with Crippen LogP contribution in [0.4, 0.5) is 0 Å². The first-order valence-corrected chi connectivity index (χ1v) is 4.06. The van der Waals surface area contributed by atoms with Crippen molar-refractivity contribution in [2.24, 2.45) is 5.73 Å². The molecule has 1 aliphatic rings. The Morgan fingerprint density at radius 2 is 2.12 bits per heavy atom. The lowest BCUT2D eigenvalue weighted by Crippen LogP contribution is -2.47. The zero-order chi connectivity index (χ0) is 6.20. The van der Waals surface area contributed by atoms with E-state index in [1.165, 1.54) is 12.2 Å². The molecule has 8 heavy (non-hydrogen) atoms. The van der Waals surface area contributed by atoms with Gasteiger partial charge in [-0.3, -0.25) is 0 Å². The summed E-state index contributed by atoms with van der Waals surface area (Å²) in [6, 6.07) is 0. The molecule has 1 rings (SSSR count). The molecular weight excluding hydrogens is 118 g/mol. The molecule has 1 unspecified atom stereocenters. The van der Waals surface area contributed by atoms with Crippen LogP contribution >= 0.6 is 11.8 Å². The van der Waals surface area contributed by atoms with E-state index in [0.29, 0.717) is 0 Å². The molecule has 0 radical (unpaired) electrons. The van der Waals surface area contributed by atoms with Crippen molar-refractivity contribution >= 4 is 11.8 Å². The standard InChI is InChI=1S/C6H13NS/c1-6(2,7)5-3-4-8-5/h5H,3-4,7H2,1-2H3. The van der Waals surface area contributed by atoms with Crippen LogP contribution in [0, 0.1) is 0 Å². The van der Waals surface area contributed by atoms with Crippen LogP contribution in [0.3, 0.4) is 0 Å². The van der Waals surface area contributed by atoms with Gasteiger partial charge in [-0.05, 0) is 26.0 Å². The van der Waals surface area contributed by atoms with Crippen molar-refractivity contribution in [1.82, 2.24) is 0 Å². The van der Waals surface area contributed by atoms with Crippen LogP contribution in [0.1, 0.15) is 20.3 Å². The summed E-state index contributed by atoms with van der Waals surface area (Å²) in [5.41, 5.74) is 5.88. The van der Waals surface area contributed by atoms with Crippen LogP contribution in [0.15, 0.2) is 0 Å². The van der Waals surface area contributed by atoms with Gasteiger partial charge in [0.05, 0.1) is 0 Å². The molecule has 0 amide bonds. The Balaban J connectivity index is 2.34. The molecule has 2 heteroatoms. The highest BCUT2D eigenvalue weighted by atomic mass is 32.2. The van der Waals surface area contributed by atoms with E-state index in [0.717, 1.165) is 5.25 Å². The third-order valence-corrected chi connectivity index (χ3v) is 3.25. The van der Waals surface area contributed by atoms with Crippen molar-refractivity contribution < 1.29 is 0 Å². The minimum Gasteiger partial charge on any atom is -0.325 e. The van der Waals surface area contributed by atoms with Gasteiger partial charge in [-0.15, -0.1) is 0 Å². The minimum absolute atomic E-state index is 0.0584. The van der Waals surface area contributed by atoms with Gasteiger partial charge in [0.15, 0.2) is 0 Å². The lowest BCUT2D eigenvalue weighted by atomic mass is 9.99. The van der Waals surface area contributed by atoms with Crippen molar-refractivity contribution in [3.8, 4) is 0 Å². The molecule has 1 fully saturated rings. The van der Waals surface area contributed by atoms with Crippen LogP contribution in [0.25, 0.3) is 0 Å². The molecule has 1 aliphatic heterocycles. The van der Waals surface area contributed by atoms with Crippen molar-refractivity contribution in [3.63, 3.8) is 0 Å². The molecule has 0 saturated carbocycles. The molecule has 0 aromatic rings. The summed E-state index contributed by atoms with van der Waals surface area (Å²) in [6.45, 7) is 4.20. The zero-order valence-corrected chi connectivity index (χ0v) is 6.29. The third kappa shape index (κ3) is 1.17. The van der Waals surface area contributed by atoms with Gasteiger partial charge in [0.1, 0.15) is 0 Å². The van der Waals surface area contributed by atoms with Crippen LogP contribution < -0.4 is 5.73 Å². The number of hydrogen-bond donors (Lipinski definition) is 1. The topological polar surface area (TPSA) is 26.0 Å². The molecule has 0 aromatic carbocycles. The molecule has 1 nitrogen and oxygen atoms in total. The fourth-order valence-electron chi connectivity index (χ4n) is 0.822. The Bertz CT molecular complexity index is 81.0. The van der Waals surface area contributed by atoms with Gasteiger partial charge in [-0.2, -0.15) is 11.8 Å². The molecule has 48 valence electrons. The van der Waals surface area contributed by atoms with E-state index in [-0.39, 0.29) is 5.54 Å². The molecule has 0 aliphatic carbocycles. The van der Waals surface area contributed by atoms with Crippen molar-refractivity contribution in [1.29, 1.82) is 0 Å². The molecule has 1 saturated heterocycles. The summed E-state index contributed by atoms with van der Waals surface area (Å²) >= 11 is 1.99. The first-order valence-electron chi connectivity index (χ1n) is 3.01. The van der Waals surface area contributed by atoms with Crippen molar-refractivity contribution in [3.05, 3.63) is 0 Å². The van der Waals surface area contributed by atoms with E-state index in [4.69, 9.17) is 5.73 Å². The van der Waals surface area contributed by atoms with E-state index in [9.17, 15) is 0 Å². The van der Waals surface area contributed by atoms with Gasteiger partial charge in [-0.1, -0.05) is 0 Å². The van der Waals surface area contributed by atoms with Gasteiger partial charge < -0.3 is 5.73 Å². The lowest BCUT2D eigenvalue weighted by Gasteiger charge is -2.36. The van der Waals surface area contributed by atoms with Crippen LogP contribution in [0.2, 0.25) is 0 Å². The van der Waals surface area contributed by atoms with Crippen molar-refractivity contribution in [2.45, 2.75) is 31.1 Å². The molecular formula is C6H13NS. The molecule has 0 spiro atoms. The number of thioether (sulfide) groups is 1. The van der Waals surface area contributed by atoms with Gasteiger partial charge in [-0.25, -0.2) is 0 Å². The summed E-state index contributed by atoms with van der Waals surface area (Å²) in [7, 11) is 0. The molecule has 0 bridgehead atoms. The summed E-state index contributed by atoms with van der Waals surface area (Å²) in [5, 5.41) is 0.725. The number of hydrogen-bond acceptors (Lipinski definition) is 2. The number of nitrogens with two attached hydrogens (primary N) is 1. The second-order valence-electron chi connectivity index (χ2n) is 2.97. The van der Waals surface area contributed by atoms with Gasteiger partial charge in [0.25, 0.3) is 0 Å². The Morgan fingerprint density at radius 3 is 2.12 bits per heavy atom. The van der Waals surface area contributed by atoms with E-state index < -0.39 is 0 Å². The fraction of sp³-hybridized carbons (Fsp3) is 1.00. The first-order chi connectivity index (χ1) is 3.61. The van der Waals surface area contributed by atoms with Gasteiger partial charge in [0, 0.05) is 10.8 Å². The smallest absolute Gasteiger partial charge is 0.0230 e. The second-order valence-corrected chi connectivity index (χ2v) is 4.28. The monoisotopic (exact) mass is 131 g/mol. The highest BCUT2D eigenvalue weighted by Gasteiger charge is 2.30. The van der Waals surface area contributed by atoms with E-state index >= 15 is 0 Å². The maximum Gasteiger partial charge on any atom is 0.0230 e. The number of rotatable bonds is 1. The van der Waals surface area contributed by atoms with Gasteiger partial charge in [0.2, 0.25) is 0 Å². The Hall–Kier alpha value is 0.310. The highest BCUT2D eigenvalue weighted by molar-refractivity contribution is 8.01. The summed E-state index contributed by atoms with van der Waals surface area (Å²) in [5.74, 6) is 1.31. The van der Waals surface area contributed by atoms with E-state index in [1.54, 1.807) is 0 Å². The molecule has 1 atom stereocenters. The molecule has 1 heterocycles. The van der Waals surface area contributed by atoms with Crippen LogP contribution in [0.5, 0.6) is 0 Å². The van der Waals surface area contributed by atoms with Crippen LogP contribution in [-0.2, 0) is 0 Å². The second kappa shape index (κ2) is 1.92. The predicted octanol–water partition coefficient (Wildman–Crippen LogP) is 1.23. The predicted molar refractivity (Wildman–Crippen MR) is 39.1 cm³/mol. The Labute approximate surface area is 55.0 Å². The maximum atomic E-state index is 5.82.